The molecule has 1 rings (SSSR count). The SMILES string of the molecule is CN=C(NCCCN(C)C)NCC(C)c1ccc(C)cc1. The lowest BCUT2D eigenvalue weighted by atomic mass is 10.0. The summed E-state index contributed by atoms with van der Waals surface area (Å²) in [5.41, 5.74) is 2.66. The molecule has 21 heavy (non-hydrogen) atoms. The van der Waals surface area contributed by atoms with Crippen molar-refractivity contribution in [3.8, 4) is 0 Å². The molecular formula is C17H30N4. The molecule has 0 aliphatic rings. The average Bonchev–Trinajstić information content (AvgIpc) is 2.46. The molecule has 0 saturated carbocycles. The van der Waals surface area contributed by atoms with E-state index in [9.17, 15) is 0 Å². The van der Waals surface area contributed by atoms with Crippen LogP contribution in [0.4, 0.5) is 0 Å². The van der Waals surface area contributed by atoms with Gasteiger partial charge in [-0.25, -0.2) is 0 Å². The summed E-state index contributed by atoms with van der Waals surface area (Å²) < 4.78 is 0. The van der Waals surface area contributed by atoms with Crippen LogP contribution < -0.4 is 10.6 Å². The van der Waals surface area contributed by atoms with Crippen molar-refractivity contribution in [2.24, 2.45) is 4.99 Å². The number of nitrogens with one attached hydrogen (secondary N) is 2. The molecule has 0 radical (unpaired) electrons. The number of hydrogen-bond donors (Lipinski definition) is 2. The van der Waals surface area contributed by atoms with Crippen LogP contribution in [0.1, 0.15) is 30.4 Å². The molecule has 0 heterocycles. The Morgan fingerprint density at radius 3 is 2.43 bits per heavy atom. The van der Waals surface area contributed by atoms with Crippen molar-refractivity contribution in [3.05, 3.63) is 35.4 Å². The van der Waals surface area contributed by atoms with Gasteiger partial charge < -0.3 is 15.5 Å². The Morgan fingerprint density at radius 1 is 1.19 bits per heavy atom. The van der Waals surface area contributed by atoms with E-state index in [2.05, 4.69) is 72.7 Å². The molecule has 118 valence electrons. The summed E-state index contributed by atoms with van der Waals surface area (Å²) in [6.07, 6.45) is 1.11. The molecule has 2 N–H and O–H groups in total. The molecule has 0 bridgehead atoms. The molecule has 0 spiro atoms. The highest BCUT2D eigenvalue weighted by molar-refractivity contribution is 5.79. The van der Waals surface area contributed by atoms with Crippen molar-refractivity contribution in [1.29, 1.82) is 0 Å². The molecule has 1 atom stereocenters. The van der Waals surface area contributed by atoms with Crippen molar-refractivity contribution in [3.63, 3.8) is 0 Å². The predicted molar refractivity (Wildman–Crippen MR) is 92.1 cm³/mol. The Balaban J connectivity index is 2.32. The first-order chi connectivity index (χ1) is 10.0. The van der Waals surface area contributed by atoms with Gasteiger partial charge in [-0.3, -0.25) is 4.99 Å². The number of rotatable bonds is 7. The Labute approximate surface area is 129 Å². The molecular weight excluding hydrogens is 260 g/mol. The highest BCUT2D eigenvalue weighted by atomic mass is 15.2. The molecule has 0 aliphatic carbocycles. The second-order valence-corrected chi connectivity index (χ2v) is 5.85. The molecule has 1 aromatic rings. The Morgan fingerprint density at radius 2 is 1.86 bits per heavy atom. The lowest BCUT2D eigenvalue weighted by Gasteiger charge is -2.17. The van der Waals surface area contributed by atoms with E-state index in [0.29, 0.717) is 5.92 Å². The first-order valence-corrected chi connectivity index (χ1v) is 7.68. The van der Waals surface area contributed by atoms with Gasteiger partial charge in [-0.15, -0.1) is 0 Å². The van der Waals surface area contributed by atoms with Crippen molar-refractivity contribution in [2.75, 3.05) is 40.8 Å². The van der Waals surface area contributed by atoms with Crippen molar-refractivity contribution in [2.45, 2.75) is 26.2 Å². The van der Waals surface area contributed by atoms with Gasteiger partial charge in [0, 0.05) is 20.1 Å². The van der Waals surface area contributed by atoms with Gasteiger partial charge in [0.25, 0.3) is 0 Å². The lowest BCUT2D eigenvalue weighted by molar-refractivity contribution is 0.399. The first kappa shape index (κ1) is 17.5. The van der Waals surface area contributed by atoms with Crippen LogP contribution in [0.5, 0.6) is 0 Å². The summed E-state index contributed by atoms with van der Waals surface area (Å²) >= 11 is 0. The van der Waals surface area contributed by atoms with Crippen LogP contribution in [0, 0.1) is 6.92 Å². The van der Waals surface area contributed by atoms with Crippen LogP contribution in [0.3, 0.4) is 0 Å². The highest BCUT2D eigenvalue weighted by Crippen LogP contribution is 2.14. The van der Waals surface area contributed by atoms with E-state index in [1.165, 1.54) is 11.1 Å². The quantitative estimate of drug-likeness (QED) is 0.459. The van der Waals surface area contributed by atoms with Gasteiger partial charge in [0.1, 0.15) is 0 Å². The molecule has 1 aromatic carbocycles. The molecule has 0 aromatic heterocycles. The van der Waals surface area contributed by atoms with E-state index >= 15 is 0 Å². The number of hydrogen-bond acceptors (Lipinski definition) is 2. The van der Waals surface area contributed by atoms with Crippen LogP contribution in [0.2, 0.25) is 0 Å². The third kappa shape index (κ3) is 7.14. The number of guanidine groups is 1. The summed E-state index contributed by atoms with van der Waals surface area (Å²) in [5.74, 6) is 1.35. The fourth-order valence-electron chi connectivity index (χ4n) is 2.09. The molecule has 0 amide bonds. The second-order valence-electron chi connectivity index (χ2n) is 5.85. The van der Waals surface area contributed by atoms with Crippen LogP contribution in [0.15, 0.2) is 29.3 Å². The Kier molecular flexibility index (Phi) is 7.83. The molecule has 4 heteroatoms. The zero-order valence-electron chi connectivity index (χ0n) is 14.1. The second kappa shape index (κ2) is 9.40. The number of benzene rings is 1. The topological polar surface area (TPSA) is 39.7 Å². The summed E-state index contributed by atoms with van der Waals surface area (Å²) in [6, 6.07) is 8.74. The van der Waals surface area contributed by atoms with E-state index in [1.54, 1.807) is 0 Å². The van der Waals surface area contributed by atoms with Crippen molar-refractivity contribution in [1.82, 2.24) is 15.5 Å². The number of nitrogens with zero attached hydrogens (tertiary/aromatic N) is 2. The van der Waals surface area contributed by atoms with Crippen LogP contribution in [0.25, 0.3) is 0 Å². The van der Waals surface area contributed by atoms with Crippen molar-refractivity contribution >= 4 is 5.96 Å². The maximum atomic E-state index is 4.27. The largest absolute Gasteiger partial charge is 0.356 e. The summed E-state index contributed by atoms with van der Waals surface area (Å²) in [6.45, 7) is 7.26. The summed E-state index contributed by atoms with van der Waals surface area (Å²) in [7, 11) is 6.00. The third-order valence-corrected chi connectivity index (χ3v) is 3.52. The minimum absolute atomic E-state index is 0.464. The minimum atomic E-state index is 0.464. The van der Waals surface area contributed by atoms with Crippen LogP contribution in [-0.2, 0) is 0 Å². The van der Waals surface area contributed by atoms with E-state index in [4.69, 9.17) is 0 Å². The fourth-order valence-corrected chi connectivity index (χ4v) is 2.09. The molecule has 0 aliphatic heterocycles. The summed E-state index contributed by atoms with van der Waals surface area (Å²) in [5, 5.41) is 6.75. The van der Waals surface area contributed by atoms with Gasteiger partial charge in [0.15, 0.2) is 5.96 Å². The van der Waals surface area contributed by atoms with Crippen molar-refractivity contribution < 1.29 is 0 Å². The van der Waals surface area contributed by atoms with E-state index in [-0.39, 0.29) is 0 Å². The van der Waals surface area contributed by atoms with E-state index in [1.807, 2.05) is 7.05 Å². The maximum absolute atomic E-state index is 4.27. The van der Waals surface area contributed by atoms with Gasteiger partial charge in [-0.05, 0) is 45.5 Å². The van der Waals surface area contributed by atoms with Gasteiger partial charge in [-0.2, -0.15) is 0 Å². The third-order valence-electron chi connectivity index (χ3n) is 3.52. The molecule has 4 nitrogen and oxygen atoms in total. The highest BCUT2D eigenvalue weighted by Gasteiger charge is 2.06. The number of aryl methyl sites for hydroxylation is 1. The zero-order valence-corrected chi connectivity index (χ0v) is 14.1. The molecule has 0 saturated heterocycles. The standard InChI is InChI=1S/C17H30N4/c1-14-7-9-16(10-8-14)15(2)13-20-17(18-3)19-11-6-12-21(4)5/h7-10,15H,6,11-13H2,1-5H3,(H2,18,19,20). The monoisotopic (exact) mass is 290 g/mol. The average molecular weight is 290 g/mol. The molecule has 1 unspecified atom stereocenters. The maximum Gasteiger partial charge on any atom is 0.190 e. The lowest BCUT2D eigenvalue weighted by Crippen LogP contribution is -2.40. The van der Waals surface area contributed by atoms with Crippen LogP contribution in [-0.4, -0.2) is 51.6 Å². The van der Waals surface area contributed by atoms with Gasteiger partial charge in [0.05, 0.1) is 0 Å². The zero-order chi connectivity index (χ0) is 15.7. The fraction of sp³-hybridized carbons (Fsp3) is 0.588. The first-order valence-electron chi connectivity index (χ1n) is 7.68. The Hall–Kier alpha value is -1.55. The van der Waals surface area contributed by atoms with E-state index in [0.717, 1.165) is 32.0 Å². The van der Waals surface area contributed by atoms with Gasteiger partial charge in [0.2, 0.25) is 0 Å². The predicted octanol–water partition coefficient (Wildman–Crippen LogP) is 2.22. The smallest absolute Gasteiger partial charge is 0.190 e. The van der Waals surface area contributed by atoms with Gasteiger partial charge >= 0.3 is 0 Å². The van der Waals surface area contributed by atoms with Gasteiger partial charge in [-0.1, -0.05) is 36.8 Å². The number of aliphatic imine (C=N–C) groups is 1. The van der Waals surface area contributed by atoms with E-state index < -0.39 is 0 Å². The summed E-state index contributed by atoms with van der Waals surface area (Å²) in [4.78, 5) is 6.46. The Bertz CT molecular complexity index is 423. The normalized spacial score (nSPS) is 13.3. The minimum Gasteiger partial charge on any atom is -0.356 e. The van der Waals surface area contributed by atoms with Crippen LogP contribution >= 0.6 is 0 Å². The molecule has 0 fully saturated rings.